The van der Waals surface area contributed by atoms with Crippen LogP contribution in [0.2, 0.25) is 0 Å². The van der Waals surface area contributed by atoms with Crippen molar-refractivity contribution in [1.29, 1.82) is 0 Å². The Bertz CT molecular complexity index is 973. The molecule has 3 aromatic rings. The molecule has 6 heteroatoms. The summed E-state index contributed by atoms with van der Waals surface area (Å²) in [5.74, 6) is 2.73. The first-order valence-corrected chi connectivity index (χ1v) is 9.13. The maximum Gasteiger partial charge on any atom is 0.225 e. The lowest BCUT2D eigenvalue weighted by atomic mass is 10.1. The Morgan fingerprint density at radius 1 is 0.857 bits per heavy atom. The molecule has 2 aromatic carbocycles. The Morgan fingerprint density at radius 3 is 2.36 bits per heavy atom. The van der Waals surface area contributed by atoms with Crippen molar-refractivity contribution in [3.8, 4) is 11.5 Å². The standard InChI is InChI=1S/C22H26N4O2/c1-14-6-8-18(15(2)10-14)25-21-11-16(3)24-22(26-21)23-13-17-7-9-19(27-4)20(12-17)28-5/h6-12H,13H2,1-5H3,(H2,23,24,25,26). The number of methoxy groups -OCH3 is 2. The molecule has 0 unspecified atom stereocenters. The zero-order valence-corrected chi connectivity index (χ0v) is 17.0. The van der Waals surface area contributed by atoms with Crippen molar-refractivity contribution in [2.75, 3.05) is 24.9 Å². The third-order valence-corrected chi connectivity index (χ3v) is 4.40. The molecule has 6 nitrogen and oxygen atoms in total. The first-order chi connectivity index (χ1) is 13.5. The van der Waals surface area contributed by atoms with Gasteiger partial charge >= 0.3 is 0 Å². The van der Waals surface area contributed by atoms with Crippen LogP contribution in [-0.2, 0) is 6.54 Å². The molecular formula is C22H26N4O2. The number of nitrogens with zero attached hydrogens (tertiary/aromatic N) is 2. The highest BCUT2D eigenvalue weighted by molar-refractivity contribution is 5.62. The largest absolute Gasteiger partial charge is 0.493 e. The Hall–Kier alpha value is -3.28. The third kappa shape index (κ3) is 4.71. The minimum atomic E-state index is 0.571. The molecule has 0 fully saturated rings. The van der Waals surface area contributed by atoms with Crippen LogP contribution in [0.3, 0.4) is 0 Å². The lowest BCUT2D eigenvalue weighted by Gasteiger charge is -2.13. The lowest BCUT2D eigenvalue weighted by Crippen LogP contribution is -2.07. The zero-order chi connectivity index (χ0) is 20.1. The van der Waals surface area contributed by atoms with Crippen molar-refractivity contribution in [2.45, 2.75) is 27.3 Å². The molecule has 0 aliphatic rings. The van der Waals surface area contributed by atoms with Crippen LogP contribution >= 0.6 is 0 Å². The van der Waals surface area contributed by atoms with Gasteiger partial charge in [-0.15, -0.1) is 0 Å². The van der Waals surface area contributed by atoms with Crippen LogP contribution < -0.4 is 20.1 Å². The van der Waals surface area contributed by atoms with Crippen molar-refractivity contribution >= 4 is 17.5 Å². The molecule has 1 aromatic heterocycles. The monoisotopic (exact) mass is 378 g/mol. The number of nitrogens with one attached hydrogen (secondary N) is 2. The molecule has 28 heavy (non-hydrogen) atoms. The van der Waals surface area contributed by atoms with E-state index in [1.54, 1.807) is 14.2 Å². The molecule has 0 saturated heterocycles. The third-order valence-electron chi connectivity index (χ3n) is 4.40. The summed E-state index contributed by atoms with van der Waals surface area (Å²) < 4.78 is 10.6. The number of anilines is 3. The van der Waals surface area contributed by atoms with Gasteiger partial charge in [-0.25, -0.2) is 4.98 Å². The van der Waals surface area contributed by atoms with E-state index in [-0.39, 0.29) is 0 Å². The fraction of sp³-hybridized carbons (Fsp3) is 0.273. The van der Waals surface area contributed by atoms with Gasteiger partial charge in [-0.2, -0.15) is 4.98 Å². The molecule has 146 valence electrons. The molecule has 0 aliphatic heterocycles. The van der Waals surface area contributed by atoms with E-state index in [2.05, 4.69) is 52.6 Å². The van der Waals surface area contributed by atoms with Gasteiger partial charge in [-0.1, -0.05) is 23.8 Å². The van der Waals surface area contributed by atoms with Crippen LogP contribution in [0.1, 0.15) is 22.4 Å². The van der Waals surface area contributed by atoms with E-state index in [1.165, 1.54) is 11.1 Å². The summed E-state index contributed by atoms with van der Waals surface area (Å²) in [6.45, 7) is 6.70. The van der Waals surface area contributed by atoms with E-state index in [4.69, 9.17) is 9.47 Å². The van der Waals surface area contributed by atoms with Crippen LogP contribution in [-0.4, -0.2) is 24.2 Å². The van der Waals surface area contributed by atoms with Gasteiger partial charge in [0.2, 0.25) is 5.95 Å². The highest BCUT2D eigenvalue weighted by Crippen LogP contribution is 2.28. The predicted molar refractivity (Wildman–Crippen MR) is 113 cm³/mol. The molecule has 0 aliphatic carbocycles. The van der Waals surface area contributed by atoms with Gasteiger partial charge in [0, 0.05) is 24.0 Å². The number of hydrogen-bond donors (Lipinski definition) is 2. The smallest absolute Gasteiger partial charge is 0.225 e. The highest BCUT2D eigenvalue weighted by atomic mass is 16.5. The highest BCUT2D eigenvalue weighted by Gasteiger charge is 2.07. The molecule has 3 rings (SSSR count). The quantitative estimate of drug-likeness (QED) is 0.617. The first kappa shape index (κ1) is 19.5. The fourth-order valence-electron chi connectivity index (χ4n) is 2.98. The van der Waals surface area contributed by atoms with Gasteiger partial charge in [0.05, 0.1) is 14.2 Å². The van der Waals surface area contributed by atoms with Crippen LogP contribution in [0.15, 0.2) is 42.5 Å². The van der Waals surface area contributed by atoms with Gasteiger partial charge in [-0.3, -0.25) is 0 Å². The average Bonchev–Trinajstić information content (AvgIpc) is 2.68. The minimum Gasteiger partial charge on any atom is -0.493 e. The number of aryl methyl sites for hydroxylation is 3. The van der Waals surface area contributed by atoms with Gasteiger partial charge < -0.3 is 20.1 Å². The van der Waals surface area contributed by atoms with E-state index in [0.717, 1.165) is 22.8 Å². The zero-order valence-electron chi connectivity index (χ0n) is 17.0. The average molecular weight is 378 g/mol. The maximum absolute atomic E-state index is 5.36. The minimum absolute atomic E-state index is 0.571. The molecular weight excluding hydrogens is 352 g/mol. The molecule has 0 radical (unpaired) electrons. The van der Waals surface area contributed by atoms with Crippen molar-refractivity contribution in [2.24, 2.45) is 0 Å². The van der Waals surface area contributed by atoms with Crippen LogP contribution in [0.5, 0.6) is 11.5 Å². The molecule has 0 spiro atoms. The van der Waals surface area contributed by atoms with E-state index in [1.807, 2.05) is 31.2 Å². The number of hydrogen-bond acceptors (Lipinski definition) is 6. The van der Waals surface area contributed by atoms with Crippen molar-refractivity contribution in [3.63, 3.8) is 0 Å². The van der Waals surface area contributed by atoms with Gasteiger partial charge in [0.15, 0.2) is 11.5 Å². The second-order valence-electron chi connectivity index (χ2n) is 6.70. The van der Waals surface area contributed by atoms with Gasteiger partial charge in [0.1, 0.15) is 5.82 Å². The normalized spacial score (nSPS) is 10.5. The van der Waals surface area contributed by atoms with Crippen molar-refractivity contribution < 1.29 is 9.47 Å². The van der Waals surface area contributed by atoms with E-state index in [0.29, 0.717) is 24.0 Å². The van der Waals surface area contributed by atoms with Crippen molar-refractivity contribution in [1.82, 2.24) is 9.97 Å². The second-order valence-corrected chi connectivity index (χ2v) is 6.70. The SMILES string of the molecule is COc1ccc(CNc2nc(C)cc(Nc3ccc(C)cc3C)n2)cc1OC. The Balaban J connectivity index is 1.74. The summed E-state index contributed by atoms with van der Waals surface area (Å²) in [5.41, 5.74) is 5.38. The van der Waals surface area contributed by atoms with E-state index >= 15 is 0 Å². The summed E-state index contributed by atoms with van der Waals surface area (Å²) in [6.07, 6.45) is 0. The molecule has 0 saturated carbocycles. The molecule has 0 bridgehead atoms. The summed E-state index contributed by atoms with van der Waals surface area (Å²) in [5, 5.41) is 6.67. The molecule has 0 amide bonds. The first-order valence-electron chi connectivity index (χ1n) is 9.13. The van der Waals surface area contributed by atoms with E-state index in [9.17, 15) is 0 Å². The summed E-state index contributed by atoms with van der Waals surface area (Å²) in [7, 11) is 3.25. The number of ether oxygens (including phenoxy) is 2. The summed E-state index contributed by atoms with van der Waals surface area (Å²) in [4.78, 5) is 9.08. The Morgan fingerprint density at radius 2 is 1.64 bits per heavy atom. The van der Waals surface area contributed by atoms with Crippen LogP contribution in [0, 0.1) is 20.8 Å². The Kier molecular flexibility index (Phi) is 5.99. The van der Waals surface area contributed by atoms with Crippen molar-refractivity contribution in [3.05, 3.63) is 64.8 Å². The lowest BCUT2D eigenvalue weighted by molar-refractivity contribution is 0.354. The number of rotatable bonds is 7. The van der Waals surface area contributed by atoms with Gasteiger partial charge in [-0.05, 0) is 50.1 Å². The van der Waals surface area contributed by atoms with Crippen LogP contribution in [0.25, 0.3) is 0 Å². The van der Waals surface area contributed by atoms with Crippen LogP contribution in [0.4, 0.5) is 17.5 Å². The van der Waals surface area contributed by atoms with E-state index < -0.39 is 0 Å². The van der Waals surface area contributed by atoms with Gasteiger partial charge in [0.25, 0.3) is 0 Å². The number of benzene rings is 2. The number of aromatic nitrogens is 2. The predicted octanol–water partition coefficient (Wildman–Crippen LogP) is 4.77. The molecule has 0 atom stereocenters. The second kappa shape index (κ2) is 8.61. The summed E-state index contributed by atoms with van der Waals surface area (Å²) >= 11 is 0. The molecule has 2 N–H and O–H groups in total. The maximum atomic E-state index is 5.36. The Labute approximate surface area is 166 Å². The summed E-state index contributed by atoms with van der Waals surface area (Å²) in [6, 6.07) is 14.0. The molecule has 1 heterocycles. The topological polar surface area (TPSA) is 68.3 Å². The fourth-order valence-corrected chi connectivity index (χ4v) is 2.98.